The number of rotatable bonds is 3. The summed E-state index contributed by atoms with van der Waals surface area (Å²) in [6, 6.07) is 5.00. The van der Waals surface area contributed by atoms with E-state index in [0.717, 1.165) is 36.1 Å². The van der Waals surface area contributed by atoms with Gasteiger partial charge in [0.25, 0.3) is 0 Å². The van der Waals surface area contributed by atoms with Gasteiger partial charge in [0, 0.05) is 25.0 Å². The third-order valence-corrected chi connectivity index (χ3v) is 4.00. The van der Waals surface area contributed by atoms with Gasteiger partial charge in [0.2, 0.25) is 0 Å². The van der Waals surface area contributed by atoms with Gasteiger partial charge in [0.05, 0.1) is 12.2 Å². The molecule has 0 aliphatic carbocycles. The van der Waals surface area contributed by atoms with Crippen LogP contribution in [0.1, 0.15) is 18.1 Å². The molecule has 2 rings (SSSR count). The van der Waals surface area contributed by atoms with E-state index in [1.807, 2.05) is 13.0 Å². The summed E-state index contributed by atoms with van der Waals surface area (Å²) in [5, 5.41) is 0.843. The minimum absolute atomic E-state index is 0.158. The lowest BCUT2D eigenvalue weighted by molar-refractivity contribution is -0.0678. The zero-order chi connectivity index (χ0) is 13.1. The summed E-state index contributed by atoms with van der Waals surface area (Å²) in [4.78, 5) is 2.34. The van der Waals surface area contributed by atoms with Gasteiger partial charge in [-0.15, -0.1) is 0 Å². The smallest absolute Gasteiger partial charge is 0.123 e. The molecule has 18 heavy (non-hydrogen) atoms. The predicted octanol–water partition coefficient (Wildman–Crippen LogP) is 3.12. The molecule has 1 saturated heterocycles. The monoisotopic (exact) mass is 315 g/mol. The highest BCUT2D eigenvalue weighted by molar-refractivity contribution is 9.09. The maximum Gasteiger partial charge on any atom is 0.123 e. The Kier molecular flexibility index (Phi) is 4.76. The summed E-state index contributed by atoms with van der Waals surface area (Å²) in [6.45, 7) is 6.70. The first-order valence-corrected chi connectivity index (χ1v) is 7.39. The zero-order valence-corrected chi connectivity index (χ0v) is 12.4. The number of hydrogen-bond acceptors (Lipinski definition) is 2. The zero-order valence-electron chi connectivity index (χ0n) is 10.8. The van der Waals surface area contributed by atoms with E-state index >= 15 is 0 Å². The van der Waals surface area contributed by atoms with Crippen molar-refractivity contribution >= 4 is 15.9 Å². The highest BCUT2D eigenvalue weighted by Gasteiger charge is 2.24. The standard InChI is InChI=1S/C14H19BrFNO/c1-10-3-4-13(16)5-12(10)8-17-7-11(2)18-14(6-15)9-17/h3-5,11,14H,6-9H2,1-2H3. The van der Waals surface area contributed by atoms with Crippen molar-refractivity contribution in [1.82, 2.24) is 4.90 Å². The SMILES string of the molecule is Cc1ccc(F)cc1CN1CC(C)OC(CBr)C1. The number of ether oxygens (including phenoxy) is 1. The molecule has 1 heterocycles. The molecule has 0 spiro atoms. The van der Waals surface area contributed by atoms with Gasteiger partial charge in [-0.2, -0.15) is 0 Å². The maximum atomic E-state index is 13.3. The fourth-order valence-corrected chi connectivity index (χ4v) is 2.76. The summed E-state index contributed by atoms with van der Waals surface area (Å²) in [6.07, 6.45) is 0.456. The molecule has 1 aromatic rings. The van der Waals surface area contributed by atoms with Crippen molar-refractivity contribution in [3.05, 3.63) is 35.1 Å². The Morgan fingerprint density at radius 3 is 2.94 bits per heavy atom. The van der Waals surface area contributed by atoms with Crippen LogP contribution in [0.15, 0.2) is 18.2 Å². The maximum absolute atomic E-state index is 13.3. The minimum atomic E-state index is -0.158. The molecule has 0 bridgehead atoms. The van der Waals surface area contributed by atoms with Gasteiger partial charge >= 0.3 is 0 Å². The van der Waals surface area contributed by atoms with Crippen LogP contribution in [0.4, 0.5) is 4.39 Å². The number of hydrogen-bond donors (Lipinski definition) is 0. The number of aryl methyl sites for hydroxylation is 1. The van der Waals surface area contributed by atoms with Crippen molar-refractivity contribution in [3.8, 4) is 0 Å². The van der Waals surface area contributed by atoms with E-state index in [2.05, 4.69) is 27.8 Å². The first kappa shape index (κ1) is 14.0. The lowest BCUT2D eigenvalue weighted by atomic mass is 10.1. The molecule has 100 valence electrons. The van der Waals surface area contributed by atoms with Crippen molar-refractivity contribution in [2.45, 2.75) is 32.6 Å². The first-order chi connectivity index (χ1) is 8.58. The predicted molar refractivity (Wildman–Crippen MR) is 74.5 cm³/mol. The van der Waals surface area contributed by atoms with E-state index in [0.29, 0.717) is 0 Å². The fraction of sp³-hybridized carbons (Fsp3) is 0.571. The normalized spacial score (nSPS) is 25.3. The number of benzene rings is 1. The summed E-state index contributed by atoms with van der Waals surface area (Å²) < 4.78 is 19.1. The van der Waals surface area contributed by atoms with Crippen LogP contribution >= 0.6 is 15.9 Å². The van der Waals surface area contributed by atoms with E-state index in [1.54, 1.807) is 6.07 Å². The van der Waals surface area contributed by atoms with Crippen LogP contribution in [0, 0.1) is 12.7 Å². The molecule has 2 nitrogen and oxygen atoms in total. The van der Waals surface area contributed by atoms with Gasteiger partial charge in [0.15, 0.2) is 0 Å². The van der Waals surface area contributed by atoms with Crippen LogP contribution in [0.2, 0.25) is 0 Å². The summed E-state index contributed by atoms with van der Waals surface area (Å²) in [7, 11) is 0. The Morgan fingerprint density at radius 1 is 1.44 bits per heavy atom. The first-order valence-electron chi connectivity index (χ1n) is 6.27. The third kappa shape index (κ3) is 3.53. The second-order valence-corrected chi connectivity index (χ2v) is 5.64. The molecular formula is C14H19BrFNO. The van der Waals surface area contributed by atoms with E-state index in [-0.39, 0.29) is 18.0 Å². The molecule has 0 saturated carbocycles. The van der Waals surface area contributed by atoms with E-state index in [9.17, 15) is 4.39 Å². The molecule has 4 heteroatoms. The van der Waals surface area contributed by atoms with Gasteiger partial charge in [-0.1, -0.05) is 22.0 Å². The van der Waals surface area contributed by atoms with Crippen molar-refractivity contribution in [2.24, 2.45) is 0 Å². The fourth-order valence-electron chi connectivity index (χ4n) is 2.41. The molecule has 1 aliphatic heterocycles. The van der Waals surface area contributed by atoms with E-state index in [1.165, 1.54) is 6.07 Å². The summed E-state index contributed by atoms with van der Waals surface area (Å²) >= 11 is 3.47. The molecule has 2 atom stereocenters. The van der Waals surface area contributed by atoms with Crippen LogP contribution in [-0.4, -0.2) is 35.5 Å². The Bertz CT molecular complexity index is 413. The average molecular weight is 316 g/mol. The second-order valence-electron chi connectivity index (χ2n) is 4.99. The molecule has 0 amide bonds. The number of nitrogens with zero attached hydrogens (tertiary/aromatic N) is 1. The van der Waals surface area contributed by atoms with E-state index < -0.39 is 0 Å². The number of alkyl halides is 1. The molecule has 1 aromatic carbocycles. The molecule has 2 unspecified atom stereocenters. The topological polar surface area (TPSA) is 12.5 Å². The van der Waals surface area contributed by atoms with Crippen molar-refractivity contribution in [2.75, 3.05) is 18.4 Å². The quantitative estimate of drug-likeness (QED) is 0.795. The lowest BCUT2D eigenvalue weighted by Crippen LogP contribution is -2.46. The van der Waals surface area contributed by atoms with Gasteiger partial charge in [-0.05, 0) is 37.1 Å². The van der Waals surface area contributed by atoms with Gasteiger partial charge in [0.1, 0.15) is 5.82 Å². The molecule has 0 aromatic heterocycles. The molecule has 0 N–H and O–H groups in total. The van der Waals surface area contributed by atoms with Gasteiger partial charge in [-0.25, -0.2) is 4.39 Å². The number of halogens is 2. The van der Waals surface area contributed by atoms with E-state index in [4.69, 9.17) is 4.74 Å². The van der Waals surface area contributed by atoms with Gasteiger partial charge in [-0.3, -0.25) is 4.90 Å². The molecule has 1 aliphatic rings. The van der Waals surface area contributed by atoms with Crippen LogP contribution in [0.5, 0.6) is 0 Å². The van der Waals surface area contributed by atoms with Crippen LogP contribution in [0.25, 0.3) is 0 Å². The highest BCUT2D eigenvalue weighted by Crippen LogP contribution is 2.18. The minimum Gasteiger partial charge on any atom is -0.372 e. The Labute approximate surface area is 116 Å². The Balaban J connectivity index is 2.06. The Morgan fingerprint density at radius 2 is 2.22 bits per heavy atom. The second kappa shape index (κ2) is 6.13. The van der Waals surface area contributed by atoms with Crippen molar-refractivity contribution in [1.29, 1.82) is 0 Å². The van der Waals surface area contributed by atoms with Crippen LogP contribution in [-0.2, 0) is 11.3 Å². The number of morpholine rings is 1. The molecular weight excluding hydrogens is 297 g/mol. The van der Waals surface area contributed by atoms with Crippen molar-refractivity contribution in [3.63, 3.8) is 0 Å². The van der Waals surface area contributed by atoms with Crippen LogP contribution < -0.4 is 0 Å². The highest BCUT2D eigenvalue weighted by atomic mass is 79.9. The summed E-state index contributed by atoms with van der Waals surface area (Å²) in [5.74, 6) is -0.158. The van der Waals surface area contributed by atoms with Crippen molar-refractivity contribution < 1.29 is 9.13 Å². The largest absolute Gasteiger partial charge is 0.372 e. The Hall–Kier alpha value is -0.450. The molecule has 1 fully saturated rings. The third-order valence-electron chi connectivity index (χ3n) is 3.28. The molecule has 0 radical (unpaired) electrons. The van der Waals surface area contributed by atoms with Crippen LogP contribution in [0.3, 0.4) is 0 Å². The summed E-state index contributed by atoms with van der Waals surface area (Å²) in [5.41, 5.74) is 2.21. The van der Waals surface area contributed by atoms with Gasteiger partial charge < -0.3 is 4.74 Å². The average Bonchev–Trinajstić information content (AvgIpc) is 2.33. The lowest BCUT2D eigenvalue weighted by Gasteiger charge is -2.36.